The topological polar surface area (TPSA) is 92.9 Å². The number of aliphatic hydroxyl groups is 1. The second kappa shape index (κ2) is 8.18. The van der Waals surface area contributed by atoms with Crippen molar-refractivity contribution in [2.24, 2.45) is 0 Å². The molecule has 0 saturated carbocycles. The van der Waals surface area contributed by atoms with Crippen molar-refractivity contribution in [1.82, 2.24) is 25.1 Å². The van der Waals surface area contributed by atoms with Crippen LogP contribution in [0.2, 0.25) is 5.02 Å². The Morgan fingerprint density at radius 1 is 1.28 bits per heavy atom. The summed E-state index contributed by atoms with van der Waals surface area (Å²) in [5.74, 6) is -0.0257. The predicted octanol–water partition coefficient (Wildman–Crippen LogP) is 3.32. The van der Waals surface area contributed by atoms with Crippen molar-refractivity contribution in [3.05, 3.63) is 70.4 Å². The fourth-order valence-electron chi connectivity index (χ4n) is 2.59. The first-order valence-corrected chi connectivity index (χ1v) is 8.71. The Morgan fingerprint density at radius 3 is 2.66 bits per heavy atom. The molecular weight excluding hydrogens is 411 g/mol. The molecule has 7 nitrogen and oxygen atoms in total. The number of nitrogens with zero attached hydrogens (tertiary/aromatic N) is 4. The van der Waals surface area contributed by atoms with Crippen molar-refractivity contribution in [3.8, 4) is 5.82 Å². The van der Waals surface area contributed by atoms with E-state index in [2.05, 4.69) is 20.4 Å². The second-order valence-corrected chi connectivity index (χ2v) is 6.57. The van der Waals surface area contributed by atoms with Gasteiger partial charge in [-0.2, -0.15) is 23.0 Å². The number of pyridine rings is 1. The minimum atomic E-state index is -4.63. The fraction of sp³-hybridized carbons (Fsp3) is 0.222. The predicted molar refractivity (Wildman–Crippen MR) is 97.4 cm³/mol. The van der Waals surface area contributed by atoms with Gasteiger partial charge in [-0.3, -0.25) is 4.79 Å². The molecule has 0 bridgehead atoms. The molecule has 1 amide bonds. The minimum absolute atomic E-state index is 0.163. The van der Waals surface area contributed by atoms with Crippen molar-refractivity contribution in [3.63, 3.8) is 0 Å². The first kappa shape index (κ1) is 20.7. The summed E-state index contributed by atoms with van der Waals surface area (Å²) < 4.78 is 40.3. The molecule has 1 atom stereocenters. The van der Waals surface area contributed by atoms with Crippen molar-refractivity contribution >= 4 is 17.5 Å². The number of halogens is 4. The highest BCUT2D eigenvalue weighted by Crippen LogP contribution is 2.32. The van der Waals surface area contributed by atoms with Gasteiger partial charge in [0.1, 0.15) is 6.33 Å². The Balaban J connectivity index is 1.83. The van der Waals surface area contributed by atoms with Gasteiger partial charge in [-0.15, -0.1) is 0 Å². The van der Waals surface area contributed by atoms with Crippen LogP contribution in [0.1, 0.15) is 40.3 Å². The molecule has 2 N–H and O–H groups in total. The van der Waals surface area contributed by atoms with Crippen molar-refractivity contribution in [2.45, 2.75) is 25.7 Å². The lowest BCUT2D eigenvalue weighted by Gasteiger charge is -2.15. The number of aromatic nitrogens is 4. The molecule has 0 fully saturated rings. The van der Waals surface area contributed by atoms with E-state index in [0.717, 1.165) is 18.2 Å². The van der Waals surface area contributed by atoms with Gasteiger partial charge >= 0.3 is 6.18 Å². The number of hydrogen-bond acceptors (Lipinski definition) is 5. The normalized spacial score (nSPS) is 12.6. The molecule has 0 spiro atoms. The third-order valence-corrected chi connectivity index (χ3v) is 4.22. The zero-order valence-corrected chi connectivity index (χ0v) is 15.7. The van der Waals surface area contributed by atoms with Crippen LogP contribution in [0.3, 0.4) is 0 Å². The number of amides is 1. The van der Waals surface area contributed by atoms with Crippen LogP contribution >= 0.6 is 11.6 Å². The van der Waals surface area contributed by atoms with Gasteiger partial charge in [-0.1, -0.05) is 17.7 Å². The fourth-order valence-corrected chi connectivity index (χ4v) is 2.82. The molecule has 3 rings (SSSR count). The first-order chi connectivity index (χ1) is 13.7. The largest absolute Gasteiger partial charge is 0.416 e. The molecular formula is C18H15ClF3N5O2. The summed E-state index contributed by atoms with van der Waals surface area (Å²) >= 11 is 5.73. The van der Waals surface area contributed by atoms with Crippen LogP contribution < -0.4 is 5.32 Å². The van der Waals surface area contributed by atoms with Crippen LogP contribution in [0.25, 0.3) is 5.82 Å². The number of nitrogens with one attached hydrogen (secondary N) is 1. The van der Waals surface area contributed by atoms with Crippen molar-refractivity contribution < 1.29 is 23.1 Å². The number of aliphatic hydroxyl groups excluding tert-OH is 1. The van der Waals surface area contributed by atoms with Gasteiger partial charge in [0.05, 0.1) is 18.2 Å². The molecule has 0 aliphatic heterocycles. The van der Waals surface area contributed by atoms with E-state index in [1.54, 1.807) is 19.1 Å². The van der Waals surface area contributed by atoms with Gasteiger partial charge in [0.25, 0.3) is 5.91 Å². The van der Waals surface area contributed by atoms with Gasteiger partial charge in [0.15, 0.2) is 11.6 Å². The maximum atomic E-state index is 13.0. The minimum Gasteiger partial charge on any atom is -0.392 e. The summed E-state index contributed by atoms with van der Waals surface area (Å²) in [5, 5.41) is 15.5. The van der Waals surface area contributed by atoms with E-state index in [1.807, 2.05) is 0 Å². The van der Waals surface area contributed by atoms with E-state index >= 15 is 0 Å². The van der Waals surface area contributed by atoms with E-state index < -0.39 is 23.7 Å². The first-order valence-electron chi connectivity index (χ1n) is 8.33. The van der Waals surface area contributed by atoms with Crippen molar-refractivity contribution in [2.75, 3.05) is 0 Å². The molecule has 1 unspecified atom stereocenters. The van der Waals surface area contributed by atoms with E-state index in [-0.39, 0.29) is 17.2 Å². The number of alkyl halides is 3. The summed E-state index contributed by atoms with van der Waals surface area (Å²) in [7, 11) is 0. The molecule has 0 radical (unpaired) electrons. The van der Waals surface area contributed by atoms with Crippen molar-refractivity contribution in [1.29, 1.82) is 0 Å². The van der Waals surface area contributed by atoms with Crippen LogP contribution in [0.4, 0.5) is 13.2 Å². The Labute approximate surface area is 168 Å². The Kier molecular flexibility index (Phi) is 5.85. The van der Waals surface area contributed by atoms with Gasteiger partial charge in [0.2, 0.25) is 0 Å². The van der Waals surface area contributed by atoms with Crippen LogP contribution in [-0.4, -0.2) is 30.8 Å². The average Bonchev–Trinajstić information content (AvgIpc) is 3.17. The molecule has 152 valence electrons. The summed E-state index contributed by atoms with van der Waals surface area (Å²) in [4.78, 5) is 20.7. The third kappa shape index (κ3) is 4.72. The average molecular weight is 426 g/mol. The maximum absolute atomic E-state index is 13.0. The zero-order valence-electron chi connectivity index (χ0n) is 15.0. The number of benzene rings is 1. The molecule has 2 aromatic heterocycles. The smallest absolute Gasteiger partial charge is 0.392 e. The summed E-state index contributed by atoms with van der Waals surface area (Å²) in [6, 6.07) is 5.21. The number of rotatable bonds is 5. The quantitative estimate of drug-likeness (QED) is 0.654. The Morgan fingerprint density at radius 2 is 2.03 bits per heavy atom. The van der Waals surface area contributed by atoms with E-state index in [4.69, 9.17) is 16.7 Å². The van der Waals surface area contributed by atoms with Crippen LogP contribution in [0, 0.1) is 0 Å². The number of hydrogen-bond donors (Lipinski definition) is 2. The lowest BCUT2D eigenvalue weighted by atomic mass is 10.1. The SMILES string of the molecule is CC(NC(=O)c1cc(Cl)cc(C(F)(F)F)c1)c1ncnn1-c1ccc(CO)cn1. The number of carbonyl (C=O) groups is 1. The molecule has 0 aliphatic carbocycles. The highest BCUT2D eigenvalue weighted by molar-refractivity contribution is 6.31. The molecule has 11 heteroatoms. The highest BCUT2D eigenvalue weighted by Gasteiger charge is 2.32. The summed E-state index contributed by atoms with van der Waals surface area (Å²) in [5.41, 5.74) is -0.634. The van der Waals surface area contributed by atoms with E-state index in [9.17, 15) is 18.0 Å². The molecule has 2 heterocycles. The Bertz CT molecular complexity index is 1020. The standard InChI is InChI=1S/C18H15ClF3N5O2/c1-10(16-24-9-25-27(16)15-3-2-11(8-28)7-23-15)26-17(29)12-4-13(18(20,21)22)6-14(19)5-12/h2-7,9-10,28H,8H2,1H3,(H,26,29). The molecule has 3 aromatic rings. The number of carbonyl (C=O) groups excluding carboxylic acids is 1. The van der Waals surface area contributed by atoms with Crippen LogP contribution in [0.5, 0.6) is 0 Å². The maximum Gasteiger partial charge on any atom is 0.416 e. The van der Waals surface area contributed by atoms with E-state index in [0.29, 0.717) is 17.2 Å². The van der Waals surface area contributed by atoms with Gasteiger partial charge < -0.3 is 10.4 Å². The summed E-state index contributed by atoms with van der Waals surface area (Å²) in [6.45, 7) is 1.44. The molecule has 0 saturated heterocycles. The van der Waals surface area contributed by atoms with Gasteiger partial charge in [-0.05, 0) is 36.8 Å². The van der Waals surface area contributed by atoms with Gasteiger partial charge in [0, 0.05) is 16.8 Å². The summed E-state index contributed by atoms with van der Waals surface area (Å²) in [6.07, 6.45) is -1.90. The van der Waals surface area contributed by atoms with E-state index in [1.165, 1.54) is 17.2 Å². The van der Waals surface area contributed by atoms with Gasteiger partial charge in [-0.25, -0.2) is 9.97 Å². The zero-order chi connectivity index (χ0) is 21.2. The monoisotopic (exact) mass is 425 g/mol. The second-order valence-electron chi connectivity index (χ2n) is 6.13. The lowest BCUT2D eigenvalue weighted by Crippen LogP contribution is -2.29. The van der Waals surface area contributed by atoms with Crippen LogP contribution in [0.15, 0.2) is 42.9 Å². The molecule has 29 heavy (non-hydrogen) atoms. The molecule has 1 aromatic carbocycles. The lowest BCUT2D eigenvalue weighted by molar-refractivity contribution is -0.137. The molecule has 0 aliphatic rings. The third-order valence-electron chi connectivity index (χ3n) is 4.01. The highest BCUT2D eigenvalue weighted by atomic mass is 35.5. The Hall–Kier alpha value is -2.98. The van der Waals surface area contributed by atoms with Crippen LogP contribution in [-0.2, 0) is 12.8 Å².